The fourth-order valence-electron chi connectivity index (χ4n) is 5.44. The molecule has 0 aromatic rings. The molecule has 1 saturated heterocycles. The molecule has 1 heterocycles. The maximum Gasteiger partial charge on any atom is 0.166 e. The van der Waals surface area contributed by atoms with Crippen LogP contribution in [-0.4, -0.2) is 28.3 Å². The summed E-state index contributed by atoms with van der Waals surface area (Å²) in [6.45, 7) is 9.37. The Morgan fingerprint density at radius 2 is 1.67 bits per heavy atom. The molecule has 3 aliphatic rings. The van der Waals surface area contributed by atoms with Crippen molar-refractivity contribution in [1.82, 2.24) is 10.6 Å². The van der Waals surface area contributed by atoms with Crippen molar-refractivity contribution in [3.05, 3.63) is 0 Å². The molecule has 2 saturated carbocycles. The van der Waals surface area contributed by atoms with E-state index in [9.17, 15) is 0 Å². The molecule has 3 fully saturated rings. The Balaban J connectivity index is 1.52. The molecule has 120 valence electrons. The number of quaternary nitrogens is 1. The molecule has 0 amide bonds. The highest BCUT2D eigenvalue weighted by atomic mass is 32.1. The number of nitrogens with one attached hydrogen (secondary N) is 2. The van der Waals surface area contributed by atoms with Crippen LogP contribution in [-0.2, 0) is 0 Å². The van der Waals surface area contributed by atoms with E-state index in [1.54, 1.807) is 0 Å². The van der Waals surface area contributed by atoms with Crippen LogP contribution in [0.25, 0.3) is 0 Å². The van der Waals surface area contributed by atoms with Crippen LogP contribution >= 0.6 is 12.2 Å². The van der Waals surface area contributed by atoms with E-state index < -0.39 is 0 Å². The molecular formula is C17H32N3S+. The Bertz CT molecular complexity index is 402. The van der Waals surface area contributed by atoms with Crippen molar-refractivity contribution in [2.45, 2.75) is 89.4 Å². The third-order valence-corrected chi connectivity index (χ3v) is 5.95. The second-order valence-electron chi connectivity index (χ2n) is 9.13. The van der Waals surface area contributed by atoms with E-state index in [1.165, 1.54) is 38.5 Å². The second-order valence-corrected chi connectivity index (χ2v) is 9.53. The van der Waals surface area contributed by atoms with Gasteiger partial charge in [0.15, 0.2) is 5.11 Å². The summed E-state index contributed by atoms with van der Waals surface area (Å²) in [7, 11) is 0. The zero-order valence-corrected chi connectivity index (χ0v) is 14.9. The molecule has 0 radical (unpaired) electrons. The fraction of sp³-hybridized carbons (Fsp3) is 0.941. The number of piperidine rings is 1. The standard InChI is InChI=1S/C17H31N3S/c1-16(2)9-13(10-17(3,4)20-16)18-15(21)19-14-8-11-5-6-12(14)7-11/h11-14,20H,5-10H2,1-4H3,(H2,18,19,21)/p+1/t11-,12+,14+/m1/s1. The fourth-order valence-corrected chi connectivity index (χ4v) is 5.75. The van der Waals surface area contributed by atoms with Crippen molar-refractivity contribution in [2.75, 3.05) is 0 Å². The first-order valence-electron chi connectivity index (χ1n) is 8.67. The first-order chi connectivity index (χ1) is 9.72. The van der Waals surface area contributed by atoms with Crippen molar-refractivity contribution in [3.63, 3.8) is 0 Å². The lowest BCUT2D eigenvalue weighted by Gasteiger charge is -2.43. The largest absolute Gasteiger partial charge is 0.360 e. The zero-order chi connectivity index (χ0) is 15.3. The summed E-state index contributed by atoms with van der Waals surface area (Å²) < 4.78 is 0. The van der Waals surface area contributed by atoms with Crippen molar-refractivity contribution in [3.8, 4) is 0 Å². The molecule has 2 bridgehead atoms. The van der Waals surface area contributed by atoms with Crippen LogP contribution in [0.4, 0.5) is 0 Å². The summed E-state index contributed by atoms with van der Waals surface area (Å²) in [4.78, 5) is 0. The van der Waals surface area contributed by atoms with Gasteiger partial charge in [0.1, 0.15) is 0 Å². The van der Waals surface area contributed by atoms with E-state index >= 15 is 0 Å². The Kier molecular flexibility index (Phi) is 3.98. The van der Waals surface area contributed by atoms with E-state index in [0.717, 1.165) is 16.9 Å². The van der Waals surface area contributed by atoms with Gasteiger partial charge in [-0.3, -0.25) is 0 Å². The van der Waals surface area contributed by atoms with E-state index in [-0.39, 0.29) is 0 Å². The first kappa shape index (κ1) is 15.5. The smallest absolute Gasteiger partial charge is 0.166 e. The molecule has 4 N–H and O–H groups in total. The zero-order valence-electron chi connectivity index (χ0n) is 14.0. The van der Waals surface area contributed by atoms with Crippen molar-refractivity contribution in [2.24, 2.45) is 11.8 Å². The van der Waals surface area contributed by atoms with Gasteiger partial charge in [0, 0.05) is 24.9 Å². The van der Waals surface area contributed by atoms with Gasteiger partial charge in [-0.05, 0) is 71.0 Å². The molecule has 0 unspecified atom stereocenters. The van der Waals surface area contributed by atoms with E-state index in [4.69, 9.17) is 12.2 Å². The van der Waals surface area contributed by atoms with Crippen molar-refractivity contribution < 1.29 is 5.32 Å². The summed E-state index contributed by atoms with van der Waals surface area (Å²) in [5.41, 5.74) is 0.586. The summed E-state index contributed by atoms with van der Waals surface area (Å²) in [5.74, 6) is 1.85. The van der Waals surface area contributed by atoms with E-state index in [0.29, 0.717) is 23.2 Å². The minimum Gasteiger partial charge on any atom is -0.360 e. The first-order valence-corrected chi connectivity index (χ1v) is 9.07. The Morgan fingerprint density at radius 1 is 1.00 bits per heavy atom. The van der Waals surface area contributed by atoms with Gasteiger partial charge >= 0.3 is 0 Å². The van der Waals surface area contributed by atoms with E-state index in [2.05, 4.69) is 43.6 Å². The van der Waals surface area contributed by atoms with Crippen LogP contribution < -0.4 is 16.0 Å². The van der Waals surface area contributed by atoms with Crippen LogP contribution in [0.3, 0.4) is 0 Å². The van der Waals surface area contributed by atoms with Gasteiger partial charge in [-0.15, -0.1) is 0 Å². The third-order valence-electron chi connectivity index (χ3n) is 5.72. The molecule has 3 atom stereocenters. The SMILES string of the molecule is CC1(C)CC(NC(=S)N[C@H]2C[C@@H]3CC[C@H]2C3)CC(C)(C)[NH2+]1. The van der Waals surface area contributed by atoms with Gasteiger partial charge in [-0.1, -0.05) is 6.42 Å². The average molecular weight is 311 g/mol. The quantitative estimate of drug-likeness (QED) is 0.683. The summed E-state index contributed by atoms with van der Waals surface area (Å²) in [6, 6.07) is 1.14. The number of hydrogen-bond acceptors (Lipinski definition) is 1. The Hall–Kier alpha value is -0.350. The monoisotopic (exact) mass is 310 g/mol. The number of rotatable bonds is 2. The normalized spacial score (nSPS) is 37.4. The van der Waals surface area contributed by atoms with Crippen LogP contribution in [0, 0.1) is 11.8 Å². The predicted molar refractivity (Wildman–Crippen MR) is 91.2 cm³/mol. The van der Waals surface area contributed by atoms with Crippen LogP contribution in [0.15, 0.2) is 0 Å². The molecule has 4 heteroatoms. The highest BCUT2D eigenvalue weighted by molar-refractivity contribution is 7.80. The molecule has 2 aliphatic carbocycles. The van der Waals surface area contributed by atoms with Gasteiger partial charge < -0.3 is 16.0 Å². The van der Waals surface area contributed by atoms with Crippen LogP contribution in [0.1, 0.15) is 66.2 Å². The van der Waals surface area contributed by atoms with Crippen LogP contribution in [0.5, 0.6) is 0 Å². The van der Waals surface area contributed by atoms with Gasteiger partial charge in [0.2, 0.25) is 0 Å². The minimum atomic E-state index is 0.293. The number of thiocarbonyl (C=S) groups is 1. The number of nitrogens with two attached hydrogens (primary N) is 1. The Morgan fingerprint density at radius 3 is 2.19 bits per heavy atom. The van der Waals surface area contributed by atoms with Crippen molar-refractivity contribution >= 4 is 17.3 Å². The highest BCUT2D eigenvalue weighted by Gasteiger charge is 2.43. The van der Waals surface area contributed by atoms with Crippen LogP contribution in [0.2, 0.25) is 0 Å². The number of fused-ring (bicyclic) bond motifs is 2. The van der Waals surface area contributed by atoms with Gasteiger partial charge in [0.05, 0.1) is 11.1 Å². The molecule has 0 spiro atoms. The summed E-state index contributed by atoms with van der Waals surface area (Å²) in [5, 5.41) is 10.7. The average Bonchev–Trinajstić information content (AvgIpc) is 2.85. The summed E-state index contributed by atoms with van der Waals surface area (Å²) >= 11 is 5.60. The van der Waals surface area contributed by atoms with E-state index in [1.807, 2.05) is 0 Å². The lowest BCUT2D eigenvalue weighted by Crippen LogP contribution is -3.06. The molecule has 3 nitrogen and oxygen atoms in total. The number of hydrogen-bond donors (Lipinski definition) is 3. The van der Waals surface area contributed by atoms with Gasteiger partial charge in [-0.25, -0.2) is 0 Å². The highest BCUT2D eigenvalue weighted by Crippen LogP contribution is 2.44. The van der Waals surface area contributed by atoms with Gasteiger partial charge in [-0.2, -0.15) is 0 Å². The van der Waals surface area contributed by atoms with Crippen molar-refractivity contribution in [1.29, 1.82) is 0 Å². The van der Waals surface area contributed by atoms with Gasteiger partial charge in [0.25, 0.3) is 0 Å². The topological polar surface area (TPSA) is 40.7 Å². The molecule has 21 heavy (non-hydrogen) atoms. The molecule has 0 aromatic carbocycles. The summed E-state index contributed by atoms with van der Waals surface area (Å²) in [6.07, 6.45) is 7.97. The Labute approximate surface area is 135 Å². The maximum atomic E-state index is 5.60. The molecule has 0 aromatic heterocycles. The predicted octanol–water partition coefficient (Wildman–Crippen LogP) is 1.92. The molecule has 1 aliphatic heterocycles. The lowest BCUT2D eigenvalue weighted by atomic mass is 9.80. The minimum absolute atomic E-state index is 0.293. The third kappa shape index (κ3) is 3.70. The second kappa shape index (κ2) is 5.38. The molecule has 3 rings (SSSR count). The maximum absolute atomic E-state index is 5.60. The molecular weight excluding hydrogens is 278 g/mol. The lowest BCUT2D eigenvalue weighted by molar-refractivity contribution is -0.787.